The molecule has 0 saturated heterocycles. The molecule has 1 aromatic carbocycles. The molecule has 0 saturated carbocycles. The van der Waals surface area contributed by atoms with Gasteiger partial charge in [0.2, 0.25) is 5.91 Å². The van der Waals surface area contributed by atoms with Crippen LogP contribution in [0.25, 0.3) is 5.69 Å². The SMILES string of the molecule is CCNC(=NCc1cnn(-c2ccc(Cl)cc2)c1)NCCC(=O)N(CC)CC.I. The van der Waals surface area contributed by atoms with E-state index in [4.69, 9.17) is 11.6 Å². The summed E-state index contributed by atoms with van der Waals surface area (Å²) in [5.41, 5.74) is 1.94. The van der Waals surface area contributed by atoms with Crippen molar-refractivity contribution in [3.05, 3.63) is 47.2 Å². The first-order chi connectivity index (χ1) is 13.6. The molecule has 0 radical (unpaired) electrons. The van der Waals surface area contributed by atoms with Crippen LogP contribution in [0.3, 0.4) is 0 Å². The molecule has 7 nitrogen and oxygen atoms in total. The molecule has 2 aromatic rings. The Morgan fingerprint density at radius 3 is 2.48 bits per heavy atom. The van der Waals surface area contributed by atoms with Crippen LogP contribution in [-0.4, -0.2) is 52.7 Å². The molecule has 1 amide bonds. The van der Waals surface area contributed by atoms with Crippen molar-refractivity contribution in [3.63, 3.8) is 0 Å². The van der Waals surface area contributed by atoms with Gasteiger partial charge in [0.25, 0.3) is 0 Å². The normalized spacial score (nSPS) is 11.0. The maximum Gasteiger partial charge on any atom is 0.224 e. The Kier molecular flexibility index (Phi) is 11.7. The Balaban J connectivity index is 0.00000420. The highest BCUT2D eigenvalue weighted by Gasteiger charge is 2.09. The summed E-state index contributed by atoms with van der Waals surface area (Å²) in [5.74, 6) is 0.840. The van der Waals surface area contributed by atoms with Gasteiger partial charge in [0, 0.05) is 49.4 Å². The Bertz CT molecular complexity index is 774. The highest BCUT2D eigenvalue weighted by atomic mass is 127. The number of nitrogens with one attached hydrogen (secondary N) is 2. The summed E-state index contributed by atoms with van der Waals surface area (Å²) in [4.78, 5) is 18.5. The number of aliphatic imine (C=N–C) groups is 1. The number of rotatable bonds is 9. The van der Waals surface area contributed by atoms with Gasteiger partial charge in [-0.05, 0) is 45.0 Å². The van der Waals surface area contributed by atoms with Crippen molar-refractivity contribution in [2.45, 2.75) is 33.7 Å². The number of carbonyl (C=O) groups excluding carboxylic acids is 1. The number of hydrogen-bond donors (Lipinski definition) is 2. The van der Waals surface area contributed by atoms with E-state index in [0.717, 1.165) is 30.9 Å². The van der Waals surface area contributed by atoms with E-state index in [9.17, 15) is 4.79 Å². The quantitative estimate of drug-likeness (QED) is 0.295. The molecule has 2 rings (SSSR count). The molecule has 0 aliphatic carbocycles. The third-order valence-electron chi connectivity index (χ3n) is 4.24. The summed E-state index contributed by atoms with van der Waals surface area (Å²) >= 11 is 5.93. The first-order valence-corrected chi connectivity index (χ1v) is 10.0. The molecule has 0 bridgehead atoms. The van der Waals surface area contributed by atoms with Gasteiger partial charge in [0.1, 0.15) is 0 Å². The van der Waals surface area contributed by atoms with Crippen LogP contribution in [0, 0.1) is 0 Å². The highest BCUT2D eigenvalue weighted by Crippen LogP contribution is 2.13. The summed E-state index contributed by atoms with van der Waals surface area (Å²) in [5, 5.41) is 11.5. The molecule has 9 heteroatoms. The molecular formula is C20H30ClIN6O. The molecule has 0 fully saturated rings. The number of hydrogen-bond acceptors (Lipinski definition) is 3. The van der Waals surface area contributed by atoms with Crippen LogP contribution in [0.5, 0.6) is 0 Å². The Hall–Kier alpha value is -1.81. The van der Waals surface area contributed by atoms with Crippen molar-refractivity contribution in [1.82, 2.24) is 25.3 Å². The molecule has 0 unspecified atom stereocenters. The van der Waals surface area contributed by atoms with Gasteiger partial charge < -0.3 is 15.5 Å². The summed E-state index contributed by atoms with van der Waals surface area (Å²) in [6.45, 7) is 9.26. The molecule has 160 valence electrons. The third kappa shape index (κ3) is 8.22. The lowest BCUT2D eigenvalue weighted by atomic mass is 10.3. The van der Waals surface area contributed by atoms with Crippen LogP contribution in [0.4, 0.5) is 0 Å². The smallest absolute Gasteiger partial charge is 0.224 e. The maximum atomic E-state index is 12.1. The van der Waals surface area contributed by atoms with E-state index in [2.05, 4.69) is 20.7 Å². The molecule has 1 aromatic heterocycles. The van der Waals surface area contributed by atoms with Crippen molar-refractivity contribution in [2.24, 2.45) is 4.99 Å². The van der Waals surface area contributed by atoms with Gasteiger partial charge in [-0.15, -0.1) is 24.0 Å². The van der Waals surface area contributed by atoms with Gasteiger partial charge in [-0.2, -0.15) is 5.10 Å². The van der Waals surface area contributed by atoms with E-state index in [-0.39, 0.29) is 29.9 Å². The van der Waals surface area contributed by atoms with Crippen LogP contribution in [0.1, 0.15) is 32.8 Å². The zero-order valence-corrected chi connectivity index (χ0v) is 20.3. The number of guanidine groups is 1. The van der Waals surface area contributed by atoms with Crippen LogP contribution in [0.15, 0.2) is 41.7 Å². The second-order valence-electron chi connectivity index (χ2n) is 6.21. The molecule has 1 heterocycles. The van der Waals surface area contributed by atoms with Crippen molar-refractivity contribution in [2.75, 3.05) is 26.2 Å². The van der Waals surface area contributed by atoms with Gasteiger partial charge in [-0.25, -0.2) is 9.67 Å². The zero-order chi connectivity index (χ0) is 20.4. The predicted molar refractivity (Wildman–Crippen MR) is 129 cm³/mol. The van der Waals surface area contributed by atoms with Gasteiger partial charge in [-0.1, -0.05) is 11.6 Å². The molecule has 0 atom stereocenters. The number of amides is 1. The predicted octanol–water partition coefficient (Wildman–Crippen LogP) is 3.46. The first-order valence-electron chi connectivity index (χ1n) is 9.66. The van der Waals surface area contributed by atoms with Gasteiger partial charge in [0.15, 0.2) is 5.96 Å². The van der Waals surface area contributed by atoms with E-state index in [1.54, 1.807) is 10.9 Å². The number of aromatic nitrogens is 2. The van der Waals surface area contributed by atoms with E-state index in [1.807, 2.05) is 56.1 Å². The van der Waals surface area contributed by atoms with Gasteiger partial charge in [-0.3, -0.25) is 4.79 Å². The van der Waals surface area contributed by atoms with Crippen LogP contribution in [0.2, 0.25) is 5.02 Å². The number of carbonyl (C=O) groups is 1. The topological polar surface area (TPSA) is 74.5 Å². The number of halogens is 2. The summed E-state index contributed by atoms with van der Waals surface area (Å²) < 4.78 is 1.80. The molecular weight excluding hydrogens is 503 g/mol. The van der Waals surface area contributed by atoms with E-state index in [1.165, 1.54) is 0 Å². The average molecular weight is 533 g/mol. The van der Waals surface area contributed by atoms with Crippen molar-refractivity contribution in [3.8, 4) is 5.69 Å². The minimum atomic E-state index is 0. The fourth-order valence-electron chi connectivity index (χ4n) is 2.71. The fraction of sp³-hybridized carbons (Fsp3) is 0.450. The fourth-order valence-corrected chi connectivity index (χ4v) is 2.84. The molecule has 0 aliphatic rings. The Labute approximate surface area is 194 Å². The van der Waals surface area contributed by atoms with Crippen LogP contribution < -0.4 is 10.6 Å². The lowest BCUT2D eigenvalue weighted by Crippen LogP contribution is -2.40. The largest absolute Gasteiger partial charge is 0.357 e. The minimum Gasteiger partial charge on any atom is -0.357 e. The average Bonchev–Trinajstić information content (AvgIpc) is 3.16. The second-order valence-corrected chi connectivity index (χ2v) is 6.64. The lowest BCUT2D eigenvalue weighted by molar-refractivity contribution is -0.130. The summed E-state index contributed by atoms with van der Waals surface area (Å²) in [7, 11) is 0. The maximum absolute atomic E-state index is 12.1. The monoisotopic (exact) mass is 532 g/mol. The molecule has 2 N–H and O–H groups in total. The summed E-state index contributed by atoms with van der Waals surface area (Å²) in [6, 6.07) is 7.51. The van der Waals surface area contributed by atoms with Gasteiger partial charge >= 0.3 is 0 Å². The molecule has 0 spiro atoms. The zero-order valence-electron chi connectivity index (χ0n) is 17.2. The van der Waals surface area contributed by atoms with Crippen LogP contribution in [-0.2, 0) is 11.3 Å². The second kappa shape index (κ2) is 13.4. The van der Waals surface area contributed by atoms with E-state index in [0.29, 0.717) is 30.5 Å². The van der Waals surface area contributed by atoms with Crippen molar-refractivity contribution in [1.29, 1.82) is 0 Å². The third-order valence-corrected chi connectivity index (χ3v) is 4.49. The summed E-state index contributed by atoms with van der Waals surface area (Å²) in [6.07, 6.45) is 4.19. The Morgan fingerprint density at radius 2 is 1.86 bits per heavy atom. The van der Waals surface area contributed by atoms with E-state index < -0.39 is 0 Å². The number of benzene rings is 1. The molecule has 0 aliphatic heterocycles. The van der Waals surface area contributed by atoms with Gasteiger partial charge in [0.05, 0.1) is 18.4 Å². The van der Waals surface area contributed by atoms with E-state index >= 15 is 0 Å². The van der Waals surface area contributed by atoms with Crippen LogP contribution >= 0.6 is 35.6 Å². The van der Waals surface area contributed by atoms with Crippen molar-refractivity contribution >= 4 is 47.4 Å². The standard InChI is InChI=1S/C20H29ClN6O.HI/c1-4-22-20(23-12-11-19(28)26(5-2)6-3)24-13-16-14-25-27(15-16)18-9-7-17(21)8-10-18;/h7-10,14-15H,4-6,11-13H2,1-3H3,(H2,22,23,24);1H. The Morgan fingerprint density at radius 1 is 1.17 bits per heavy atom. The number of nitrogens with zero attached hydrogens (tertiary/aromatic N) is 4. The lowest BCUT2D eigenvalue weighted by Gasteiger charge is -2.19. The first kappa shape index (κ1) is 25.2. The highest BCUT2D eigenvalue weighted by molar-refractivity contribution is 14.0. The molecule has 29 heavy (non-hydrogen) atoms. The van der Waals surface area contributed by atoms with Crippen molar-refractivity contribution < 1.29 is 4.79 Å². The minimum absolute atomic E-state index is 0.